The molecule has 0 spiro atoms. The maximum Gasteiger partial charge on any atom is 0.225 e. The number of ether oxygens (including phenoxy) is 1. The van der Waals surface area contributed by atoms with E-state index in [0.717, 1.165) is 6.42 Å². The van der Waals surface area contributed by atoms with Gasteiger partial charge in [-0.05, 0) is 18.9 Å². The van der Waals surface area contributed by atoms with Crippen LogP contribution < -0.4 is 15.8 Å². The highest BCUT2D eigenvalue weighted by Crippen LogP contribution is 2.15. The fourth-order valence-electron chi connectivity index (χ4n) is 1.40. The van der Waals surface area contributed by atoms with Crippen LogP contribution in [0.5, 0.6) is 5.88 Å². The molecular weight excluding hydrogens is 220 g/mol. The van der Waals surface area contributed by atoms with Gasteiger partial charge in [0.1, 0.15) is 0 Å². The summed E-state index contributed by atoms with van der Waals surface area (Å²) in [6.07, 6.45) is 1.24. The normalized spacial score (nSPS) is 12.2. The molecule has 1 unspecified atom stereocenters. The van der Waals surface area contributed by atoms with Crippen LogP contribution in [0.15, 0.2) is 6.07 Å². The molecule has 1 aromatic rings. The molecule has 1 atom stereocenters. The zero-order chi connectivity index (χ0) is 12.8. The number of nitrogens with zero attached hydrogens (tertiary/aromatic N) is 2. The maximum atomic E-state index is 11.6. The van der Waals surface area contributed by atoms with E-state index < -0.39 is 0 Å². The first kappa shape index (κ1) is 13.5. The number of methoxy groups -OCH3 is 1. The molecule has 0 radical (unpaired) electrons. The van der Waals surface area contributed by atoms with Crippen LogP contribution in [0.3, 0.4) is 0 Å². The first-order valence-electron chi connectivity index (χ1n) is 5.64. The lowest BCUT2D eigenvalue weighted by Crippen LogP contribution is -2.16. The van der Waals surface area contributed by atoms with Gasteiger partial charge in [-0.2, -0.15) is 5.10 Å². The van der Waals surface area contributed by atoms with Crippen molar-refractivity contribution in [1.82, 2.24) is 9.78 Å². The summed E-state index contributed by atoms with van der Waals surface area (Å²) in [5.74, 6) is 1.43. The molecule has 1 aromatic heterocycles. The van der Waals surface area contributed by atoms with Crippen molar-refractivity contribution < 1.29 is 9.53 Å². The fraction of sp³-hybridized carbons (Fsp3) is 0.636. The van der Waals surface area contributed by atoms with Crippen molar-refractivity contribution in [3.05, 3.63) is 6.07 Å². The summed E-state index contributed by atoms with van der Waals surface area (Å²) in [4.78, 5) is 11.6. The van der Waals surface area contributed by atoms with Crippen LogP contribution in [0.25, 0.3) is 0 Å². The van der Waals surface area contributed by atoms with E-state index >= 15 is 0 Å². The largest absolute Gasteiger partial charge is 0.481 e. The molecule has 1 heterocycles. The van der Waals surface area contributed by atoms with E-state index in [1.807, 2.05) is 6.92 Å². The molecule has 0 saturated carbocycles. The van der Waals surface area contributed by atoms with Crippen LogP contribution in [-0.4, -0.2) is 29.3 Å². The summed E-state index contributed by atoms with van der Waals surface area (Å²) in [7, 11) is 3.32. The minimum atomic E-state index is -0.0500. The van der Waals surface area contributed by atoms with Crippen molar-refractivity contribution in [3.8, 4) is 5.88 Å². The Hall–Kier alpha value is -1.56. The first-order chi connectivity index (χ1) is 8.06. The number of carbonyl (C=O) groups is 1. The number of hydrogen-bond acceptors (Lipinski definition) is 4. The van der Waals surface area contributed by atoms with Gasteiger partial charge in [0.15, 0.2) is 5.82 Å². The van der Waals surface area contributed by atoms with Crippen LogP contribution >= 0.6 is 0 Å². The Morgan fingerprint density at radius 1 is 1.71 bits per heavy atom. The van der Waals surface area contributed by atoms with Gasteiger partial charge in [-0.15, -0.1) is 0 Å². The van der Waals surface area contributed by atoms with Gasteiger partial charge < -0.3 is 15.8 Å². The predicted octanol–water partition coefficient (Wildman–Crippen LogP) is 0.742. The van der Waals surface area contributed by atoms with Gasteiger partial charge in [0.25, 0.3) is 0 Å². The van der Waals surface area contributed by atoms with Crippen LogP contribution in [0.2, 0.25) is 0 Å². The topological polar surface area (TPSA) is 82.2 Å². The lowest BCUT2D eigenvalue weighted by molar-refractivity contribution is -0.116. The van der Waals surface area contributed by atoms with Gasteiger partial charge in [-0.1, -0.05) is 6.92 Å². The molecule has 96 valence electrons. The second kappa shape index (κ2) is 6.24. The molecule has 0 bridgehead atoms. The summed E-state index contributed by atoms with van der Waals surface area (Å²) in [5, 5.41) is 6.83. The molecule has 0 aliphatic rings. The van der Waals surface area contributed by atoms with E-state index in [-0.39, 0.29) is 5.91 Å². The second-order valence-electron chi connectivity index (χ2n) is 4.12. The molecule has 0 aromatic carbocycles. The molecular formula is C11H20N4O2. The number of rotatable bonds is 6. The molecule has 0 aliphatic carbocycles. The number of anilines is 1. The Kier molecular flexibility index (Phi) is 4.96. The third-order valence-corrected chi connectivity index (χ3v) is 2.58. The van der Waals surface area contributed by atoms with Crippen molar-refractivity contribution in [2.24, 2.45) is 18.7 Å². The number of aryl methyl sites for hydroxylation is 1. The zero-order valence-corrected chi connectivity index (χ0v) is 10.6. The lowest BCUT2D eigenvalue weighted by Gasteiger charge is -2.06. The number of hydrogen-bond donors (Lipinski definition) is 2. The van der Waals surface area contributed by atoms with Crippen molar-refractivity contribution in [3.63, 3.8) is 0 Å². The summed E-state index contributed by atoms with van der Waals surface area (Å²) in [5.41, 5.74) is 5.49. The van der Waals surface area contributed by atoms with Gasteiger partial charge >= 0.3 is 0 Å². The Bertz CT molecular complexity index is 376. The highest BCUT2D eigenvalue weighted by molar-refractivity contribution is 5.89. The van der Waals surface area contributed by atoms with Gasteiger partial charge in [0, 0.05) is 19.5 Å². The Morgan fingerprint density at radius 2 is 2.41 bits per heavy atom. The molecule has 17 heavy (non-hydrogen) atoms. The van der Waals surface area contributed by atoms with Crippen LogP contribution in [0.4, 0.5) is 5.82 Å². The van der Waals surface area contributed by atoms with E-state index in [0.29, 0.717) is 30.6 Å². The van der Waals surface area contributed by atoms with Gasteiger partial charge in [-0.25, -0.2) is 4.68 Å². The fourth-order valence-corrected chi connectivity index (χ4v) is 1.40. The average molecular weight is 240 g/mol. The Balaban J connectivity index is 2.45. The van der Waals surface area contributed by atoms with E-state index in [9.17, 15) is 4.79 Å². The average Bonchev–Trinajstić information content (AvgIpc) is 2.66. The lowest BCUT2D eigenvalue weighted by atomic mass is 10.1. The third kappa shape index (κ3) is 4.07. The van der Waals surface area contributed by atoms with Crippen molar-refractivity contribution in [2.75, 3.05) is 19.0 Å². The van der Waals surface area contributed by atoms with Crippen LogP contribution in [0, 0.1) is 5.92 Å². The summed E-state index contributed by atoms with van der Waals surface area (Å²) >= 11 is 0. The number of nitrogens with one attached hydrogen (secondary N) is 1. The smallest absolute Gasteiger partial charge is 0.225 e. The summed E-state index contributed by atoms with van der Waals surface area (Å²) in [6.45, 7) is 2.63. The molecule has 0 fully saturated rings. The number of carbonyl (C=O) groups excluding carboxylic acids is 1. The molecule has 0 aliphatic heterocycles. The minimum absolute atomic E-state index is 0.0500. The van der Waals surface area contributed by atoms with Crippen LogP contribution in [0.1, 0.15) is 19.8 Å². The highest BCUT2D eigenvalue weighted by atomic mass is 16.5. The standard InChI is InChI=1S/C11H20N4O2/c1-8(7-12)4-5-10(16)13-9-6-11(17-3)15(2)14-9/h6,8H,4-5,7,12H2,1-3H3,(H,13,14,16). The van der Waals surface area contributed by atoms with E-state index in [2.05, 4.69) is 10.4 Å². The molecule has 1 amide bonds. The number of nitrogens with two attached hydrogens (primary N) is 1. The molecule has 3 N–H and O–H groups in total. The maximum absolute atomic E-state index is 11.6. The predicted molar refractivity (Wildman–Crippen MR) is 65.8 cm³/mol. The minimum Gasteiger partial charge on any atom is -0.481 e. The first-order valence-corrected chi connectivity index (χ1v) is 5.64. The SMILES string of the molecule is COc1cc(NC(=O)CCC(C)CN)nn1C. The van der Waals surface area contributed by atoms with E-state index in [1.165, 1.54) is 0 Å². The van der Waals surface area contributed by atoms with Crippen molar-refractivity contribution in [2.45, 2.75) is 19.8 Å². The number of amides is 1. The highest BCUT2D eigenvalue weighted by Gasteiger charge is 2.09. The summed E-state index contributed by atoms with van der Waals surface area (Å²) in [6, 6.07) is 1.68. The molecule has 6 heteroatoms. The monoisotopic (exact) mass is 240 g/mol. The van der Waals surface area contributed by atoms with Crippen LogP contribution in [-0.2, 0) is 11.8 Å². The van der Waals surface area contributed by atoms with Crippen molar-refractivity contribution in [1.29, 1.82) is 0 Å². The number of aromatic nitrogens is 2. The molecule has 6 nitrogen and oxygen atoms in total. The third-order valence-electron chi connectivity index (χ3n) is 2.58. The van der Waals surface area contributed by atoms with Gasteiger partial charge in [0.2, 0.25) is 11.8 Å². The summed E-state index contributed by atoms with van der Waals surface area (Å²) < 4.78 is 6.62. The van der Waals surface area contributed by atoms with E-state index in [1.54, 1.807) is 24.9 Å². The Labute approximate surface area is 101 Å². The molecule has 1 rings (SSSR count). The van der Waals surface area contributed by atoms with E-state index in [4.69, 9.17) is 10.5 Å². The second-order valence-corrected chi connectivity index (χ2v) is 4.12. The van der Waals surface area contributed by atoms with Gasteiger partial charge in [-0.3, -0.25) is 4.79 Å². The Morgan fingerprint density at radius 3 is 2.94 bits per heavy atom. The molecule has 0 saturated heterocycles. The zero-order valence-electron chi connectivity index (χ0n) is 10.6. The quantitative estimate of drug-likeness (QED) is 0.768. The van der Waals surface area contributed by atoms with Gasteiger partial charge in [0.05, 0.1) is 7.11 Å². The van der Waals surface area contributed by atoms with Crippen molar-refractivity contribution >= 4 is 11.7 Å².